The second kappa shape index (κ2) is 9.15. The molecule has 0 aliphatic carbocycles. The number of ether oxygens (including phenoxy) is 1. The summed E-state index contributed by atoms with van der Waals surface area (Å²) >= 11 is 1.09. The fourth-order valence-electron chi connectivity index (χ4n) is 3.21. The van der Waals surface area contributed by atoms with Gasteiger partial charge >= 0.3 is 0 Å². The third-order valence-corrected chi connectivity index (χ3v) is 5.71. The number of anilines is 1. The summed E-state index contributed by atoms with van der Waals surface area (Å²) in [6.07, 6.45) is 0. The van der Waals surface area contributed by atoms with Gasteiger partial charge in [0, 0.05) is 7.05 Å². The Morgan fingerprint density at radius 1 is 1.12 bits per heavy atom. The molecule has 0 atom stereocenters. The number of nitrogens with one attached hydrogen (secondary N) is 1. The second-order valence-electron chi connectivity index (χ2n) is 6.85. The van der Waals surface area contributed by atoms with Gasteiger partial charge in [-0.15, -0.1) is 10.2 Å². The molecule has 4 rings (SSSR count). The summed E-state index contributed by atoms with van der Waals surface area (Å²) in [7, 11) is 3.33. The number of aromatic nitrogens is 4. The Morgan fingerprint density at radius 2 is 1.84 bits per heavy atom. The quantitative estimate of drug-likeness (QED) is 0.430. The number of thioether (sulfide) groups is 1. The van der Waals surface area contributed by atoms with E-state index in [9.17, 15) is 9.59 Å². The molecule has 32 heavy (non-hydrogen) atoms. The maximum atomic E-state index is 12.9. The number of methoxy groups -OCH3 is 1. The first kappa shape index (κ1) is 21.4. The Morgan fingerprint density at radius 3 is 2.59 bits per heavy atom. The molecule has 1 amide bonds. The molecule has 0 saturated carbocycles. The van der Waals surface area contributed by atoms with Crippen LogP contribution in [0.15, 0.2) is 69.0 Å². The molecule has 9 nitrogen and oxygen atoms in total. The van der Waals surface area contributed by atoms with Gasteiger partial charge in [0.25, 0.3) is 16.7 Å². The van der Waals surface area contributed by atoms with E-state index < -0.39 is 0 Å². The van der Waals surface area contributed by atoms with E-state index in [1.165, 1.54) is 4.68 Å². The molecule has 0 radical (unpaired) electrons. The van der Waals surface area contributed by atoms with Gasteiger partial charge in [0.05, 0.1) is 29.8 Å². The zero-order chi connectivity index (χ0) is 22.7. The third-order valence-electron chi connectivity index (χ3n) is 4.89. The van der Waals surface area contributed by atoms with Gasteiger partial charge in [-0.1, -0.05) is 42.1 Å². The highest BCUT2D eigenvalue weighted by Gasteiger charge is 2.19. The summed E-state index contributed by atoms with van der Waals surface area (Å²) in [5.74, 6) is 0.569. The summed E-state index contributed by atoms with van der Waals surface area (Å²) < 4.78 is 14.2. The van der Waals surface area contributed by atoms with Gasteiger partial charge in [-0.25, -0.2) is 4.68 Å². The molecule has 0 saturated heterocycles. The topological polar surface area (TPSA) is 104 Å². The zero-order valence-electron chi connectivity index (χ0n) is 17.7. The van der Waals surface area contributed by atoms with E-state index in [4.69, 9.17) is 9.15 Å². The van der Waals surface area contributed by atoms with Gasteiger partial charge in [0.2, 0.25) is 5.91 Å². The standard InChI is InChI=1S/C22H21N5O4S/c1-14-19(21(29)27(26(14)2)15-9-5-4-6-10-15)23-18(28)13-32-22-25-24-20(31-22)16-11-7-8-12-17(16)30-3/h4-12H,13H2,1-3H3,(H,23,28). The molecule has 0 fully saturated rings. The van der Waals surface area contributed by atoms with E-state index in [2.05, 4.69) is 15.5 Å². The molecule has 2 aromatic heterocycles. The van der Waals surface area contributed by atoms with E-state index >= 15 is 0 Å². The Labute approximate surface area is 188 Å². The summed E-state index contributed by atoms with van der Waals surface area (Å²) in [5, 5.41) is 11.0. The van der Waals surface area contributed by atoms with Crippen LogP contribution >= 0.6 is 11.8 Å². The average Bonchev–Trinajstić information content (AvgIpc) is 3.37. The largest absolute Gasteiger partial charge is 0.496 e. The lowest BCUT2D eigenvalue weighted by Gasteiger charge is -2.07. The van der Waals surface area contributed by atoms with Crippen molar-refractivity contribution in [2.24, 2.45) is 7.05 Å². The van der Waals surface area contributed by atoms with Crippen LogP contribution in [-0.2, 0) is 11.8 Å². The van der Waals surface area contributed by atoms with Crippen molar-refractivity contribution < 1.29 is 13.9 Å². The Hall–Kier alpha value is -3.79. The molecular weight excluding hydrogens is 430 g/mol. The number of hydrogen-bond acceptors (Lipinski definition) is 7. The van der Waals surface area contributed by atoms with E-state index in [1.807, 2.05) is 48.5 Å². The number of rotatable bonds is 7. The lowest BCUT2D eigenvalue weighted by molar-refractivity contribution is -0.113. The van der Waals surface area contributed by atoms with Crippen LogP contribution in [0.2, 0.25) is 0 Å². The molecular formula is C22H21N5O4S. The Kier molecular flexibility index (Phi) is 6.13. The first-order valence-corrected chi connectivity index (χ1v) is 10.7. The van der Waals surface area contributed by atoms with Crippen LogP contribution in [0.1, 0.15) is 5.69 Å². The average molecular weight is 452 g/mol. The van der Waals surface area contributed by atoms with Crippen molar-refractivity contribution >= 4 is 23.4 Å². The van der Waals surface area contributed by atoms with Crippen molar-refractivity contribution in [3.05, 3.63) is 70.6 Å². The molecule has 2 aromatic carbocycles. The molecule has 0 aliphatic heterocycles. The lowest BCUT2D eigenvalue weighted by Crippen LogP contribution is -2.23. The number of amides is 1. The van der Waals surface area contributed by atoms with Crippen molar-refractivity contribution in [1.82, 2.24) is 19.6 Å². The van der Waals surface area contributed by atoms with Crippen LogP contribution in [0.4, 0.5) is 5.69 Å². The highest BCUT2D eigenvalue weighted by Crippen LogP contribution is 2.30. The number of nitrogens with zero attached hydrogens (tertiary/aromatic N) is 4. The van der Waals surface area contributed by atoms with Gasteiger partial charge in [-0.3, -0.25) is 14.3 Å². The van der Waals surface area contributed by atoms with E-state index in [0.29, 0.717) is 28.6 Å². The second-order valence-corrected chi connectivity index (χ2v) is 7.77. The normalized spacial score (nSPS) is 10.8. The van der Waals surface area contributed by atoms with Crippen LogP contribution in [0.3, 0.4) is 0 Å². The molecule has 0 unspecified atom stereocenters. The van der Waals surface area contributed by atoms with Gasteiger partial charge < -0.3 is 14.5 Å². The van der Waals surface area contributed by atoms with Crippen LogP contribution in [0, 0.1) is 6.92 Å². The van der Waals surface area contributed by atoms with Crippen LogP contribution in [0.5, 0.6) is 5.75 Å². The minimum absolute atomic E-state index is 0.00662. The molecule has 0 aliphatic rings. The van der Waals surface area contributed by atoms with Crippen LogP contribution < -0.4 is 15.6 Å². The summed E-state index contributed by atoms with van der Waals surface area (Å²) in [6, 6.07) is 16.5. The third kappa shape index (κ3) is 4.17. The van der Waals surface area contributed by atoms with Crippen molar-refractivity contribution in [2.45, 2.75) is 12.1 Å². The van der Waals surface area contributed by atoms with Gasteiger partial charge in [0.1, 0.15) is 11.4 Å². The number of hydrogen-bond donors (Lipinski definition) is 1. The SMILES string of the molecule is COc1ccccc1-c1nnc(SCC(=O)Nc2c(C)n(C)n(-c3ccccc3)c2=O)o1. The van der Waals surface area contributed by atoms with Crippen LogP contribution in [0.25, 0.3) is 17.1 Å². The molecule has 2 heterocycles. The monoisotopic (exact) mass is 451 g/mol. The molecule has 0 spiro atoms. The van der Waals surface area contributed by atoms with Crippen molar-refractivity contribution in [1.29, 1.82) is 0 Å². The minimum atomic E-state index is -0.349. The van der Waals surface area contributed by atoms with Crippen LogP contribution in [-0.4, -0.2) is 38.3 Å². The van der Waals surface area contributed by atoms with Crippen molar-refractivity contribution in [3.63, 3.8) is 0 Å². The summed E-state index contributed by atoms with van der Waals surface area (Å²) in [6.45, 7) is 1.78. The summed E-state index contributed by atoms with van der Waals surface area (Å²) in [5.41, 5.74) is 1.97. The number of benzene rings is 2. The van der Waals surface area contributed by atoms with Gasteiger partial charge in [-0.05, 0) is 31.2 Å². The Balaban J connectivity index is 1.46. The van der Waals surface area contributed by atoms with Gasteiger partial charge in [0.15, 0.2) is 0 Å². The molecule has 164 valence electrons. The zero-order valence-corrected chi connectivity index (χ0v) is 18.5. The highest BCUT2D eigenvalue weighted by atomic mass is 32.2. The first-order chi connectivity index (χ1) is 15.5. The smallest absolute Gasteiger partial charge is 0.295 e. The molecule has 0 bridgehead atoms. The lowest BCUT2D eigenvalue weighted by atomic mass is 10.2. The van der Waals surface area contributed by atoms with Crippen molar-refractivity contribution in [3.8, 4) is 22.9 Å². The van der Waals surface area contributed by atoms with E-state index in [-0.39, 0.29) is 28.1 Å². The highest BCUT2D eigenvalue weighted by molar-refractivity contribution is 7.99. The molecule has 1 N–H and O–H groups in total. The maximum Gasteiger partial charge on any atom is 0.295 e. The maximum absolute atomic E-state index is 12.9. The van der Waals surface area contributed by atoms with Crippen molar-refractivity contribution in [2.75, 3.05) is 18.2 Å². The predicted octanol–water partition coefficient (Wildman–Crippen LogP) is 3.27. The predicted molar refractivity (Wildman–Crippen MR) is 121 cm³/mol. The number of carbonyl (C=O) groups is 1. The molecule has 4 aromatic rings. The molecule has 10 heteroatoms. The number of para-hydroxylation sites is 2. The minimum Gasteiger partial charge on any atom is -0.496 e. The van der Waals surface area contributed by atoms with E-state index in [0.717, 1.165) is 11.8 Å². The summed E-state index contributed by atoms with van der Waals surface area (Å²) in [4.78, 5) is 25.4. The van der Waals surface area contributed by atoms with Gasteiger partial charge in [-0.2, -0.15) is 0 Å². The first-order valence-electron chi connectivity index (χ1n) is 9.73. The fourth-order valence-corrected chi connectivity index (χ4v) is 3.78. The Bertz CT molecular complexity index is 1310. The number of carbonyl (C=O) groups excluding carboxylic acids is 1. The van der Waals surface area contributed by atoms with E-state index in [1.54, 1.807) is 31.8 Å². The fraction of sp³-hybridized carbons (Fsp3) is 0.182.